The van der Waals surface area contributed by atoms with Crippen LogP contribution in [0.25, 0.3) is 0 Å². The van der Waals surface area contributed by atoms with Crippen molar-refractivity contribution in [2.24, 2.45) is 0 Å². The van der Waals surface area contributed by atoms with Gasteiger partial charge in [-0.3, -0.25) is 9.19 Å². The quantitative estimate of drug-likeness (QED) is 0.443. The largest absolute Gasteiger partial charge is 1.00 e. The molecule has 8 heteroatoms. The molecule has 1 heterocycles. The minimum atomic E-state index is -4.55. The third-order valence-corrected chi connectivity index (χ3v) is 2.32. The summed E-state index contributed by atoms with van der Waals surface area (Å²) in [6.07, 6.45) is -3.85. The predicted molar refractivity (Wildman–Crippen MR) is 41.2 cm³/mol. The van der Waals surface area contributed by atoms with Gasteiger partial charge in [0.25, 0.3) is 0 Å². The maximum absolute atomic E-state index is 12.1. The Morgan fingerprint density at radius 2 is 2.00 bits per heavy atom. The number of aromatic nitrogens is 1. The number of halogens is 3. The van der Waals surface area contributed by atoms with Crippen LogP contribution in [0.2, 0.25) is 0 Å². The fraction of sp³-hybridized carbons (Fsp3) is 0.286. The van der Waals surface area contributed by atoms with Crippen LogP contribution in [0, 0.1) is 6.92 Å². The van der Waals surface area contributed by atoms with Crippen molar-refractivity contribution in [1.29, 1.82) is 0 Å². The van der Waals surface area contributed by atoms with E-state index < -0.39 is 23.0 Å². The van der Waals surface area contributed by atoms with E-state index in [0.717, 1.165) is 0 Å². The number of hydrogen-bond acceptors (Lipinski definition) is 3. The molecule has 1 unspecified atom stereocenters. The van der Waals surface area contributed by atoms with Crippen molar-refractivity contribution in [3.05, 3.63) is 23.5 Å². The van der Waals surface area contributed by atoms with Gasteiger partial charge in [0.1, 0.15) is 5.69 Å². The zero-order valence-corrected chi connectivity index (χ0v) is 8.78. The second-order valence-corrected chi connectivity index (χ2v) is 3.48. The van der Waals surface area contributed by atoms with Crippen LogP contribution in [0.5, 0.6) is 0 Å². The summed E-state index contributed by atoms with van der Waals surface area (Å²) in [7, 11) is 0. The van der Waals surface area contributed by atoms with Gasteiger partial charge in [-0.2, -0.15) is 13.2 Å². The van der Waals surface area contributed by atoms with Crippen LogP contribution in [-0.2, 0) is 17.3 Å². The molecule has 0 aliphatic rings. The first-order valence-electron chi connectivity index (χ1n) is 3.45. The van der Waals surface area contributed by atoms with Gasteiger partial charge in [-0.15, -0.1) is 0 Å². The third-order valence-electron chi connectivity index (χ3n) is 1.53. The van der Waals surface area contributed by atoms with Crippen LogP contribution in [0.3, 0.4) is 0 Å². The molecule has 0 saturated heterocycles. The average molecular weight is 231 g/mol. The molecular weight excluding hydrogens is 226 g/mol. The average Bonchev–Trinajstić information content (AvgIpc) is 2.01. The fourth-order valence-electron chi connectivity index (χ4n) is 0.873. The summed E-state index contributed by atoms with van der Waals surface area (Å²) in [6.45, 7) is 1.28. The minimum absolute atomic E-state index is 0. The van der Waals surface area contributed by atoms with Crippen molar-refractivity contribution in [2.45, 2.75) is 18.0 Å². The van der Waals surface area contributed by atoms with Gasteiger partial charge in [0.15, 0.2) is 0 Å². The Hall–Kier alpha value is -0.353. The van der Waals surface area contributed by atoms with Crippen LogP contribution < -0.4 is 18.9 Å². The first-order valence-corrected chi connectivity index (χ1v) is 4.53. The van der Waals surface area contributed by atoms with Gasteiger partial charge in [-0.1, -0.05) is 0 Å². The first kappa shape index (κ1) is 14.6. The maximum Gasteiger partial charge on any atom is 1.00 e. The smallest absolute Gasteiger partial charge is 0.768 e. The number of aryl methyl sites for hydroxylation is 1. The molecule has 0 radical (unpaired) electrons. The molecule has 0 spiro atoms. The van der Waals surface area contributed by atoms with Gasteiger partial charge in [0.2, 0.25) is 0 Å². The van der Waals surface area contributed by atoms with Crippen molar-refractivity contribution in [3.63, 3.8) is 0 Å². The summed E-state index contributed by atoms with van der Waals surface area (Å²) in [5.74, 6) is 0. The number of hydrogen-bond donors (Lipinski definition) is 0. The molecule has 78 valence electrons. The SMILES string of the molecule is Cc1cc(C(F)(F)F)ncc1S(=O)[O-].[Li+]. The molecule has 0 aromatic carbocycles. The fourth-order valence-corrected chi connectivity index (χ4v) is 1.33. The monoisotopic (exact) mass is 231 g/mol. The zero-order chi connectivity index (χ0) is 10.9. The van der Waals surface area contributed by atoms with E-state index in [4.69, 9.17) is 0 Å². The molecule has 1 aromatic heterocycles. The third kappa shape index (κ3) is 3.61. The van der Waals surface area contributed by atoms with Gasteiger partial charge in [0.05, 0.1) is 0 Å². The number of alkyl halides is 3. The van der Waals surface area contributed by atoms with Crippen LogP contribution in [0.1, 0.15) is 11.3 Å². The maximum atomic E-state index is 12.1. The Labute approximate surface area is 98.6 Å². The van der Waals surface area contributed by atoms with Gasteiger partial charge in [-0.25, -0.2) is 0 Å². The molecule has 0 aliphatic carbocycles. The van der Waals surface area contributed by atoms with Crippen molar-refractivity contribution in [3.8, 4) is 0 Å². The Bertz CT molecular complexity index is 383. The molecule has 0 bridgehead atoms. The summed E-state index contributed by atoms with van der Waals surface area (Å²) in [6, 6.07) is 0.700. The molecule has 0 fully saturated rings. The Morgan fingerprint density at radius 1 is 1.47 bits per heavy atom. The second-order valence-electron chi connectivity index (χ2n) is 2.57. The topological polar surface area (TPSA) is 53.0 Å². The van der Waals surface area contributed by atoms with Gasteiger partial charge in [0, 0.05) is 11.1 Å². The molecule has 1 aromatic rings. The summed E-state index contributed by atoms with van der Waals surface area (Å²) in [4.78, 5) is 2.79. The normalized spacial score (nSPS) is 13.1. The van der Waals surface area contributed by atoms with E-state index in [-0.39, 0.29) is 29.3 Å². The van der Waals surface area contributed by atoms with E-state index in [2.05, 4.69) is 4.98 Å². The number of pyridine rings is 1. The van der Waals surface area contributed by atoms with Gasteiger partial charge < -0.3 is 4.55 Å². The van der Waals surface area contributed by atoms with Gasteiger partial charge >= 0.3 is 25.0 Å². The molecule has 0 saturated carbocycles. The number of rotatable bonds is 1. The summed E-state index contributed by atoms with van der Waals surface area (Å²) >= 11 is -2.56. The van der Waals surface area contributed by atoms with E-state index >= 15 is 0 Å². The van der Waals surface area contributed by atoms with Crippen LogP contribution >= 0.6 is 0 Å². The van der Waals surface area contributed by atoms with Crippen LogP contribution in [0.15, 0.2) is 17.2 Å². The molecule has 1 rings (SSSR count). The molecule has 0 aliphatic heterocycles. The Morgan fingerprint density at radius 3 is 2.33 bits per heavy atom. The minimum Gasteiger partial charge on any atom is -0.768 e. The molecule has 0 amide bonds. The van der Waals surface area contributed by atoms with E-state index in [0.29, 0.717) is 12.3 Å². The van der Waals surface area contributed by atoms with Crippen molar-refractivity contribution in [2.75, 3.05) is 0 Å². The Kier molecular flexibility index (Phi) is 5.00. The molecular formula is C7H5F3LiNO2S. The number of nitrogens with zero attached hydrogens (tertiary/aromatic N) is 1. The van der Waals surface area contributed by atoms with E-state index in [1.165, 1.54) is 6.92 Å². The van der Waals surface area contributed by atoms with Crippen molar-refractivity contribution in [1.82, 2.24) is 4.98 Å². The van der Waals surface area contributed by atoms with E-state index in [1.807, 2.05) is 0 Å². The predicted octanol–water partition coefficient (Wildman–Crippen LogP) is -1.35. The first-order chi connectivity index (χ1) is 6.32. The summed E-state index contributed by atoms with van der Waals surface area (Å²) in [5, 5.41) is 0. The zero-order valence-electron chi connectivity index (χ0n) is 7.96. The van der Waals surface area contributed by atoms with Crippen molar-refractivity contribution < 1.29 is 40.8 Å². The molecule has 3 nitrogen and oxygen atoms in total. The van der Waals surface area contributed by atoms with E-state index in [1.54, 1.807) is 0 Å². The molecule has 15 heavy (non-hydrogen) atoms. The molecule has 1 atom stereocenters. The van der Waals surface area contributed by atoms with E-state index in [9.17, 15) is 21.9 Å². The summed E-state index contributed by atoms with van der Waals surface area (Å²) < 4.78 is 57.2. The van der Waals surface area contributed by atoms with Crippen molar-refractivity contribution >= 4 is 11.1 Å². The standard InChI is InChI=1S/C7H6F3NO2S.Li/c1-4-2-6(7(8,9)10)11-3-5(4)14(12)13;/h2-3H,1H3,(H,12,13);/q;+1/p-1. The second kappa shape index (κ2) is 5.12. The van der Waals surface area contributed by atoms with Crippen LogP contribution in [0.4, 0.5) is 13.2 Å². The van der Waals surface area contributed by atoms with Crippen LogP contribution in [-0.4, -0.2) is 13.7 Å². The Balaban J connectivity index is 0.00000196. The molecule has 0 N–H and O–H groups in total. The summed E-state index contributed by atoms with van der Waals surface area (Å²) in [5.41, 5.74) is -1.06. The van der Waals surface area contributed by atoms with Gasteiger partial charge in [-0.05, 0) is 29.6 Å².